The number of aromatic nitrogens is 6. The molecule has 1 aliphatic rings. The third-order valence-electron chi connectivity index (χ3n) is 7.69. The summed E-state index contributed by atoms with van der Waals surface area (Å²) in [6.07, 6.45) is 3.46. The molecule has 1 fully saturated rings. The Morgan fingerprint density at radius 3 is 2.49 bits per heavy atom. The van der Waals surface area contributed by atoms with Crippen molar-refractivity contribution in [3.63, 3.8) is 0 Å². The van der Waals surface area contributed by atoms with Gasteiger partial charge in [0.2, 0.25) is 0 Å². The molecular weight excluding hydrogens is 497 g/mol. The number of ether oxygens (including phenoxy) is 1. The number of halogens is 1. The van der Waals surface area contributed by atoms with Gasteiger partial charge < -0.3 is 9.64 Å². The first-order valence-corrected chi connectivity index (χ1v) is 13.2. The topological polar surface area (TPSA) is 75.0 Å². The van der Waals surface area contributed by atoms with Gasteiger partial charge in [-0.15, -0.1) is 0 Å². The Morgan fingerprint density at radius 1 is 1.05 bits per heavy atom. The molecule has 9 nitrogen and oxygen atoms in total. The quantitative estimate of drug-likeness (QED) is 0.348. The van der Waals surface area contributed by atoms with Gasteiger partial charge in [0.1, 0.15) is 11.6 Å². The first-order chi connectivity index (χ1) is 18.5. The van der Waals surface area contributed by atoms with Crippen molar-refractivity contribution in [1.82, 2.24) is 28.5 Å². The zero-order valence-corrected chi connectivity index (χ0v) is 23.5. The second-order valence-electron chi connectivity index (χ2n) is 11.6. The van der Waals surface area contributed by atoms with Crippen molar-refractivity contribution in [2.75, 3.05) is 24.7 Å². The molecule has 10 heteroatoms. The van der Waals surface area contributed by atoms with Gasteiger partial charge in [0.05, 0.1) is 52.9 Å². The van der Waals surface area contributed by atoms with Crippen LogP contribution >= 0.6 is 0 Å². The standard InChI is InChI=1S/C29H34FN7O2/c1-17-16-39-9-8-36(17)25-11-19(10-24-26(25)35(7)28(38)34(24)6)37-23-13-21(30)20(18-14-31-33(5)15-18)12-22(23)32-27(37)29(2,3)4/h10-15,17H,8-9,16H2,1-7H3/t17-/m1/s1. The average Bonchev–Trinajstić information content (AvgIpc) is 3.54. The molecule has 3 aromatic heterocycles. The van der Waals surface area contributed by atoms with E-state index in [0.717, 1.165) is 28.2 Å². The van der Waals surface area contributed by atoms with Crippen LogP contribution in [0.3, 0.4) is 0 Å². The van der Waals surface area contributed by atoms with Gasteiger partial charge in [-0.05, 0) is 25.1 Å². The van der Waals surface area contributed by atoms with Gasteiger partial charge in [0.25, 0.3) is 0 Å². The lowest BCUT2D eigenvalue weighted by Gasteiger charge is -2.36. The third kappa shape index (κ3) is 3.96. The summed E-state index contributed by atoms with van der Waals surface area (Å²) < 4.78 is 28.4. The second-order valence-corrected chi connectivity index (χ2v) is 11.6. The van der Waals surface area contributed by atoms with Crippen molar-refractivity contribution < 1.29 is 9.13 Å². The number of hydrogen-bond acceptors (Lipinski definition) is 5. The molecule has 0 radical (unpaired) electrons. The SMILES string of the molecule is C[C@@H]1COCCN1c1cc(-n2c(C(C)(C)C)nc3cc(-c4cnn(C)c4)c(F)cc32)cc2c1n(C)c(=O)n2C. The number of aryl methyl sites for hydroxylation is 3. The number of nitrogens with zero attached hydrogens (tertiary/aromatic N) is 7. The van der Waals surface area contributed by atoms with E-state index in [1.54, 1.807) is 45.4 Å². The Kier molecular flexibility index (Phi) is 5.73. The number of benzene rings is 2. The molecule has 39 heavy (non-hydrogen) atoms. The summed E-state index contributed by atoms with van der Waals surface area (Å²) in [5, 5.41) is 4.21. The van der Waals surface area contributed by atoms with Gasteiger partial charge in [-0.3, -0.25) is 18.4 Å². The van der Waals surface area contributed by atoms with Crippen LogP contribution in [0.25, 0.3) is 38.9 Å². The summed E-state index contributed by atoms with van der Waals surface area (Å²) in [5.74, 6) is 0.466. The van der Waals surface area contributed by atoms with Crippen LogP contribution < -0.4 is 10.6 Å². The monoisotopic (exact) mass is 531 g/mol. The predicted molar refractivity (Wildman–Crippen MR) is 151 cm³/mol. The molecular formula is C29H34FN7O2. The lowest BCUT2D eigenvalue weighted by molar-refractivity contribution is 0.0990. The summed E-state index contributed by atoms with van der Waals surface area (Å²) in [6, 6.07) is 7.61. The van der Waals surface area contributed by atoms with E-state index in [1.165, 1.54) is 0 Å². The lowest BCUT2D eigenvalue weighted by Crippen LogP contribution is -2.44. The molecule has 5 aromatic rings. The molecule has 0 unspecified atom stereocenters. The highest BCUT2D eigenvalue weighted by Gasteiger charge is 2.29. The van der Waals surface area contributed by atoms with Crippen molar-refractivity contribution in [2.45, 2.75) is 39.2 Å². The van der Waals surface area contributed by atoms with E-state index in [4.69, 9.17) is 9.72 Å². The molecule has 4 heterocycles. The molecule has 2 aromatic carbocycles. The molecule has 0 aliphatic carbocycles. The normalized spacial score (nSPS) is 16.6. The zero-order valence-electron chi connectivity index (χ0n) is 23.5. The van der Waals surface area contributed by atoms with Crippen LogP contribution in [0.4, 0.5) is 10.1 Å². The molecule has 1 saturated heterocycles. The fourth-order valence-electron chi connectivity index (χ4n) is 5.69. The van der Waals surface area contributed by atoms with E-state index in [-0.39, 0.29) is 23.0 Å². The maximum Gasteiger partial charge on any atom is 0.328 e. The van der Waals surface area contributed by atoms with E-state index in [1.807, 2.05) is 24.7 Å². The molecule has 0 N–H and O–H groups in total. The van der Waals surface area contributed by atoms with Crippen molar-refractivity contribution in [3.8, 4) is 16.8 Å². The Labute approximate surface area is 226 Å². The van der Waals surface area contributed by atoms with Gasteiger partial charge in [-0.2, -0.15) is 5.10 Å². The zero-order chi connectivity index (χ0) is 27.8. The molecule has 6 rings (SSSR count). The predicted octanol–water partition coefficient (Wildman–Crippen LogP) is 4.28. The fourth-order valence-corrected chi connectivity index (χ4v) is 5.69. The van der Waals surface area contributed by atoms with Gasteiger partial charge in [0, 0.05) is 62.5 Å². The van der Waals surface area contributed by atoms with Crippen LogP contribution in [0.1, 0.15) is 33.5 Å². The molecule has 0 bridgehead atoms. The second kappa shape index (κ2) is 8.81. The summed E-state index contributed by atoms with van der Waals surface area (Å²) >= 11 is 0. The summed E-state index contributed by atoms with van der Waals surface area (Å²) in [4.78, 5) is 20.4. The minimum absolute atomic E-state index is 0.0944. The Hall–Kier alpha value is -3.92. The van der Waals surface area contributed by atoms with E-state index < -0.39 is 0 Å². The minimum Gasteiger partial charge on any atom is -0.377 e. The minimum atomic E-state index is -0.340. The number of morpholine rings is 1. The largest absolute Gasteiger partial charge is 0.377 e. The third-order valence-corrected chi connectivity index (χ3v) is 7.69. The van der Waals surface area contributed by atoms with Crippen molar-refractivity contribution >= 4 is 27.8 Å². The average molecular weight is 532 g/mol. The summed E-state index contributed by atoms with van der Waals surface area (Å²) in [5.41, 5.74) is 5.56. The molecule has 204 valence electrons. The van der Waals surface area contributed by atoms with Crippen molar-refractivity contribution in [2.24, 2.45) is 21.1 Å². The highest BCUT2D eigenvalue weighted by atomic mass is 19.1. The van der Waals surface area contributed by atoms with Crippen LogP contribution in [-0.4, -0.2) is 54.3 Å². The Bertz CT molecular complexity index is 1800. The molecule has 0 spiro atoms. The molecule has 0 amide bonds. The van der Waals surface area contributed by atoms with Crippen LogP contribution in [-0.2, 0) is 31.3 Å². The van der Waals surface area contributed by atoms with Gasteiger partial charge in [-0.25, -0.2) is 14.2 Å². The molecule has 1 atom stereocenters. The maximum atomic E-state index is 15.7. The number of hydrogen-bond donors (Lipinski definition) is 0. The van der Waals surface area contributed by atoms with E-state index in [0.29, 0.717) is 41.9 Å². The smallest absolute Gasteiger partial charge is 0.328 e. The Morgan fingerprint density at radius 2 is 1.82 bits per heavy atom. The first kappa shape index (κ1) is 25.4. The highest BCUT2D eigenvalue weighted by molar-refractivity contribution is 5.93. The van der Waals surface area contributed by atoms with E-state index >= 15 is 4.39 Å². The number of fused-ring (bicyclic) bond motifs is 2. The summed E-state index contributed by atoms with van der Waals surface area (Å²) in [6.45, 7) is 10.4. The van der Waals surface area contributed by atoms with Gasteiger partial charge >= 0.3 is 5.69 Å². The lowest BCUT2D eigenvalue weighted by atomic mass is 9.95. The van der Waals surface area contributed by atoms with Crippen LogP contribution in [0.2, 0.25) is 0 Å². The van der Waals surface area contributed by atoms with Gasteiger partial charge in [0.15, 0.2) is 0 Å². The fraction of sp³-hybridized carbons (Fsp3) is 0.414. The van der Waals surface area contributed by atoms with Gasteiger partial charge in [-0.1, -0.05) is 20.8 Å². The molecule has 1 aliphatic heterocycles. The Balaban J connectivity index is 1.67. The van der Waals surface area contributed by atoms with Crippen molar-refractivity contribution in [3.05, 3.63) is 58.8 Å². The molecule has 0 saturated carbocycles. The number of rotatable bonds is 3. The first-order valence-electron chi connectivity index (χ1n) is 13.2. The van der Waals surface area contributed by atoms with E-state index in [2.05, 4.69) is 43.8 Å². The maximum absolute atomic E-state index is 15.7. The number of imidazole rings is 2. The van der Waals surface area contributed by atoms with Crippen LogP contribution in [0, 0.1) is 5.82 Å². The highest BCUT2D eigenvalue weighted by Crippen LogP contribution is 2.37. The van der Waals surface area contributed by atoms with Crippen molar-refractivity contribution in [1.29, 1.82) is 0 Å². The van der Waals surface area contributed by atoms with Crippen LogP contribution in [0.5, 0.6) is 0 Å². The summed E-state index contributed by atoms with van der Waals surface area (Å²) in [7, 11) is 5.41. The number of anilines is 1. The van der Waals surface area contributed by atoms with E-state index in [9.17, 15) is 4.79 Å². The van der Waals surface area contributed by atoms with Crippen LogP contribution in [0.15, 0.2) is 41.5 Å².